The van der Waals surface area contributed by atoms with Crippen LogP contribution in [0, 0.1) is 0 Å². The first-order valence-corrected chi connectivity index (χ1v) is 11.9. The second-order valence-electron chi connectivity index (χ2n) is 6.95. The fourth-order valence-electron chi connectivity index (χ4n) is 3.24. The zero-order chi connectivity index (χ0) is 22.6. The number of rotatable bonds is 6. The minimum absolute atomic E-state index is 0.0936. The maximum Gasteiger partial charge on any atom is 0.338 e. The van der Waals surface area contributed by atoms with E-state index in [0.717, 1.165) is 5.56 Å². The van der Waals surface area contributed by atoms with Crippen molar-refractivity contribution < 1.29 is 22.7 Å². The number of esters is 1. The maximum atomic E-state index is 12.9. The minimum Gasteiger partial charge on any atom is -0.462 e. The number of sulfonamides is 1. The molecular formula is C21H22Cl2N2O5S. The van der Waals surface area contributed by atoms with Crippen LogP contribution in [-0.2, 0) is 26.0 Å². The zero-order valence-corrected chi connectivity index (χ0v) is 19.2. The van der Waals surface area contributed by atoms with Crippen molar-refractivity contribution in [2.24, 2.45) is 0 Å². The molecule has 10 heteroatoms. The van der Waals surface area contributed by atoms with Gasteiger partial charge in [0.25, 0.3) is 0 Å². The summed E-state index contributed by atoms with van der Waals surface area (Å²) in [5, 5.41) is 0.809. The largest absolute Gasteiger partial charge is 0.462 e. The summed E-state index contributed by atoms with van der Waals surface area (Å²) < 4.78 is 32.1. The van der Waals surface area contributed by atoms with Gasteiger partial charge in [0.2, 0.25) is 15.9 Å². The number of nitrogens with zero attached hydrogens (tertiary/aromatic N) is 2. The molecule has 7 nitrogen and oxygen atoms in total. The molecule has 3 rings (SSSR count). The van der Waals surface area contributed by atoms with Gasteiger partial charge in [0.05, 0.1) is 33.5 Å². The Bertz CT molecular complexity index is 1070. The van der Waals surface area contributed by atoms with Crippen molar-refractivity contribution in [1.82, 2.24) is 9.21 Å². The third-order valence-corrected chi connectivity index (χ3v) is 7.59. The Labute approximate surface area is 191 Å². The molecule has 0 spiro atoms. The van der Waals surface area contributed by atoms with E-state index in [1.165, 1.54) is 28.6 Å². The van der Waals surface area contributed by atoms with Crippen LogP contribution < -0.4 is 0 Å². The van der Waals surface area contributed by atoms with E-state index in [1.807, 2.05) is 0 Å². The molecule has 0 aromatic heterocycles. The summed E-state index contributed by atoms with van der Waals surface area (Å²) in [6, 6.07) is 10.7. The number of halogens is 2. The molecular weight excluding hydrogens is 463 g/mol. The summed E-state index contributed by atoms with van der Waals surface area (Å²) in [5.74, 6) is -0.602. The van der Waals surface area contributed by atoms with Crippen molar-refractivity contribution in [3.63, 3.8) is 0 Å². The highest BCUT2D eigenvalue weighted by Crippen LogP contribution is 2.23. The van der Waals surface area contributed by atoms with Gasteiger partial charge in [0.15, 0.2) is 0 Å². The lowest BCUT2D eigenvalue weighted by Crippen LogP contribution is -2.50. The van der Waals surface area contributed by atoms with E-state index in [4.69, 9.17) is 27.9 Å². The molecule has 31 heavy (non-hydrogen) atoms. The molecule has 1 aliphatic heterocycles. The summed E-state index contributed by atoms with van der Waals surface area (Å²) in [5.41, 5.74) is 1.04. The monoisotopic (exact) mass is 484 g/mol. The summed E-state index contributed by atoms with van der Waals surface area (Å²) >= 11 is 11.9. The van der Waals surface area contributed by atoms with Gasteiger partial charge in [-0.2, -0.15) is 4.31 Å². The predicted molar refractivity (Wildman–Crippen MR) is 118 cm³/mol. The van der Waals surface area contributed by atoms with Crippen LogP contribution >= 0.6 is 23.2 Å². The van der Waals surface area contributed by atoms with Crippen LogP contribution in [0.3, 0.4) is 0 Å². The van der Waals surface area contributed by atoms with Gasteiger partial charge in [-0.15, -0.1) is 0 Å². The van der Waals surface area contributed by atoms with Gasteiger partial charge in [-0.1, -0.05) is 29.3 Å². The average molecular weight is 485 g/mol. The van der Waals surface area contributed by atoms with Crippen molar-refractivity contribution in [2.75, 3.05) is 32.8 Å². The Kier molecular flexibility index (Phi) is 7.59. The van der Waals surface area contributed by atoms with Gasteiger partial charge in [-0.3, -0.25) is 4.79 Å². The number of carbonyl (C=O) groups is 2. The molecule has 166 valence electrons. The third kappa shape index (κ3) is 5.57. The molecule has 1 saturated heterocycles. The van der Waals surface area contributed by atoms with Crippen LogP contribution in [0.5, 0.6) is 0 Å². The first-order valence-electron chi connectivity index (χ1n) is 9.71. The highest BCUT2D eigenvalue weighted by Gasteiger charge is 2.30. The number of hydrogen-bond acceptors (Lipinski definition) is 5. The van der Waals surface area contributed by atoms with Gasteiger partial charge < -0.3 is 9.64 Å². The van der Waals surface area contributed by atoms with Gasteiger partial charge in [0.1, 0.15) is 0 Å². The Morgan fingerprint density at radius 3 is 2.19 bits per heavy atom. The fraction of sp³-hybridized carbons (Fsp3) is 0.333. The highest BCUT2D eigenvalue weighted by molar-refractivity contribution is 7.89. The first kappa shape index (κ1) is 23.5. The molecule has 0 atom stereocenters. The number of ether oxygens (including phenoxy) is 1. The molecule has 1 amide bonds. The molecule has 1 aliphatic rings. The molecule has 2 aromatic rings. The molecule has 0 radical (unpaired) electrons. The second-order valence-corrected chi connectivity index (χ2v) is 9.71. The number of hydrogen-bond donors (Lipinski definition) is 0. The number of amides is 1. The van der Waals surface area contributed by atoms with E-state index in [1.54, 1.807) is 30.0 Å². The Morgan fingerprint density at radius 2 is 1.61 bits per heavy atom. The first-order chi connectivity index (χ1) is 14.7. The predicted octanol–water partition coefficient (Wildman–Crippen LogP) is 3.25. The topological polar surface area (TPSA) is 84.0 Å². The summed E-state index contributed by atoms with van der Waals surface area (Å²) in [7, 11) is -3.72. The van der Waals surface area contributed by atoms with Gasteiger partial charge in [-0.05, 0) is 48.9 Å². The standard InChI is InChI=1S/C21H22Cl2N2O5S/c1-2-30-21(27)16-4-6-17(7-5-16)31(28,29)25-11-9-24(10-12-25)20(26)14-15-3-8-18(22)19(23)13-15/h3-8,13H,2,9-12,14H2,1H3. The SMILES string of the molecule is CCOC(=O)c1ccc(S(=O)(=O)N2CCN(C(=O)Cc3ccc(Cl)c(Cl)c3)CC2)cc1. The smallest absolute Gasteiger partial charge is 0.338 e. The van der Waals surface area contributed by atoms with Crippen LogP contribution in [0.25, 0.3) is 0 Å². The maximum absolute atomic E-state index is 12.9. The molecule has 0 aliphatic carbocycles. The highest BCUT2D eigenvalue weighted by atomic mass is 35.5. The lowest BCUT2D eigenvalue weighted by atomic mass is 10.1. The fourth-order valence-corrected chi connectivity index (χ4v) is 4.98. The van der Waals surface area contributed by atoms with Gasteiger partial charge in [-0.25, -0.2) is 13.2 Å². The summed E-state index contributed by atoms with van der Waals surface area (Å²) in [6.07, 6.45) is 0.166. The van der Waals surface area contributed by atoms with Crippen molar-refractivity contribution in [1.29, 1.82) is 0 Å². The summed E-state index contributed by atoms with van der Waals surface area (Å²) in [6.45, 7) is 2.91. The van der Waals surface area contributed by atoms with Crippen molar-refractivity contribution >= 4 is 45.1 Å². The normalized spacial score (nSPS) is 15.0. The molecule has 1 fully saturated rings. The van der Waals surface area contributed by atoms with Crippen molar-refractivity contribution in [3.05, 3.63) is 63.6 Å². The lowest BCUT2D eigenvalue weighted by molar-refractivity contribution is -0.131. The van der Waals surface area contributed by atoms with Crippen LogP contribution in [-0.4, -0.2) is 62.3 Å². The van der Waals surface area contributed by atoms with E-state index in [-0.39, 0.29) is 36.9 Å². The molecule has 2 aromatic carbocycles. The molecule has 1 heterocycles. The third-order valence-electron chi connectivity index (χ3n) is 4.93. The van der Waals surface area contributed by atoms with Crippen LogP contribution in [0.15, 0.2) is 47.4 Å². The van der Waals surface area contributed by atoms with Crippen molar-refractivity contribution in [2.45, 2.75) is 18.2 Å². The van der Waals surface area contributed by atoms with E-state index in [0.29, 0.717) is 28.7 Å². The zero-order valence-electron chi connectivity index (χ0n) is 16.9. The number of piperazine rings is 1. The Balaban J connectivity index is 1.60. The Morgan fingerprint density at radius 1 is 0.968 bits per heavy atom. The number of carbonyl (C=O) groups excluding carboxylic acids is 2. The van der Waals surface area contributed by atoms with E-state index >= 15 is 0 Å². The van der Waals surface area contributed by atoms with Crippen molar-refractivity contribution in [3.8, 4) is 0 Å². The van der Waals surface area contributed by atoms with Crippen LogP contribution in [0.2, 0.25) is 10.0 Å². The Hall–Kier alpha value is -2.13. The number of benzene rings is 2. The second kappa shape index (κ2) is 9.99. The quantitative estimate of drug-likeness (QED) is 0.587. The molecule has 0 bridgehead atoms. The van der Waals surface area contributed by atoms with E-state index in [9.17, 15) is 18.0 Å². The van der Waals surface area contributed by atoms with Crippen LogP contribution in [0.1, 0.15) is 22.8 Å². The average Bonchev–Trinajstić information content (AvgIpc) is 2.76. The summed E-state index contributed by atoms with van der Waals surface area (Å²) in [4.78, 5) is 26.1. The minimum atomic E-state index is -3.72. The molecule has 0 saturated carbocycles. The van der Waals surface area contributed by atoms with E-state index < -0.39 is 16.0 Å². The van der Waals surface area contributed by atoms with Crippen LogP contribution in [0.4, 0.5) is 0 Å². The van der Waals surface area contributed by atoms with Gasteiger partial charge >= 0.3 is 5.97 Å². The van der Waals surface area contributed by atoms with E-state index in [2.05, 4.69) is 0 Å². The molecule has 0 unspecified atom stereocenters. The lowest BCUT2D eigenvalue weighted by Gasteiger charge is -2.34. The molecule has 0 N–H and O–H groups in total. The van der Waals surface area contributed by atoms with Gasteiger partial charge in [0, 0.05) is 26.2 Å².